The van der Waals surface area contributed by atoms with E-state index in [1.54, 1.807) is 0 Å². The molecule has 0 aromatic heterocycles. The molecule has 0 saturated carbocycles. The molecule has 0 unspecified atom stereocenters. The van der Waals surface area contributed by atoms with Crippen molar-refractivity contribution >= 4 is 12.0 Å². The number of benzene rings is 1. The van der Waals surface area contributed by atoms with E-state index in [0.29, 0.717) is 5.56 Å². The predicted molar refractivity (Wildman–Crippen MR) is 57.3 cm³/mol. The molecule has 0 amide bonds. The third-order valence-electron chi connectivity index (χ3n) is 2.71. The van der Waals surface area contributed by atoms with Crippen molar-refractivity contribution in [2.24, 2.45) is 0 Å². The van der Waals surface area contributed by atoms with Crippen LogP contribution in [0.5, 0.6) is 0 Å². The molecule has 0 bridgehead atoms. The number of hydrogen-bond donors (Lipinski definition) is 0. The molecule has 1 heterocycles. The second kappa shape index (κ2) is 4.27. The lowest BCUT2D eigenvalue weighted by molar-refractivity contribution is 0.560. The Bertz CT molecular complexity index is 316. The van der Waals surface area contributed by atoms with E-state index < -0.39 is 0 Å². The molecule has 14 heavy (non-hydrogen) atoms. The molecular weight excluding hydrogens is 174 g/mol. The Labute approximate surface area is 84.5 Å². The van der Waals surface area contributed by atoms with Crippen LogP contribution in [-0.4, -0.2) is 19.4 Å². The van der Waals surface area contributed by atoms with Crippen LogP contribution in [-0.2, 0) is 4.79 Å². The van der Waals surface area contributed by atoms with Crippen molar-refractivity contribution in [2.45, 2.75) is 19.3 Å². The van der Waals surface area contributed by atoms with Crippen LogP contribution < -0.4 is 4.90 Å². The van der Waals surface area contributed by atoms with Crippen molar-refractivity contribution in [1.82, 2.24) is 0 Å². The molecule has 2 rings (SSSR count). The van der Waals surface area contributed by atoms with Gasteiger partial charge in [0.1, 0.15) is 0 Å². The van der Waals surface area contributed by atoms with E-state index in [1.165, 1.54) is 19.3 Å². The Balaban J connectivity index is 2.24. The summed E-state index contributed by atoms with van der Waals surface area (Å²) >= 11 is 0. The minimum atomic E-state index is 0.689. The highest BCUT2D eigenvalue weighted by Gasteiger charge is 2.13. The van der Waals surface area contributed by atoms with Crippen LogP contribution in [0.1, 0.15) is 24.8 Å². The van der Waals surface area contributed by atoms with Gasteiger partial charge in [0.25, 0.3) is 0 Å². The molecule has 2 nitrogen and oxygen atoms in total. The summed E-state index contributed by atoms with van der Waals surface area (Å²) in [5, 5.41) is 0. The fourth-order valence-corrected chi connectivity index (χ4v) is 1.97. The lowest BCUT2D eigenvalue weighted by Gasteiger charge is -2.29. The molecule has 0 spiro atoms. The first-order valence-corrected chi connectivity index (χ1v) is 5.14. The minimum Gasteiger partial charge on any atom is -0.371 e. The third kappa shape index (κ3) is 1.79. The van der Waals surface area contributed by atoms with Gasteiger partial charge in [-0.25, -0.2) is 0 Å². The van der Waals surface area contributed by atoms with Gasteiger partial charge < -0.3 is 4.90 Å². The minimum absolute atomic E-state index is 0.689. The third-order valence-corrected chi connectivity index (χ3v) is 2.71. The number of rotatable bonds is 2. The second-order valence-corrected chi connectivity index (χ2v) is 3.67. The molecule has 1 fully saturated rings. The van der Waals surface area contributed by atoms with Gasteiger partial charge in [0, 0.05) is 24.3 Å². The van der Waals surface area contributed by atoms with Crippen LogP contribution >= 0.6 is 0 Å². The summed E-state index contributed by atoms with van der Waals surface area (Å²) in [6.45, 7) is 2.14. The van der Waals surface area contributed by atoms with Crippen molar-refractivity contribution < 1.29 is 4.79 Å². The lowest BCUT2D eigenvalue weighted by Crippen LogP contribution is -2.30. The monoisotopic (exact) mass is 188 g/mol. The van der Waals surface area contributed by atoms with Crippen LogP contribution in [0, 0.1) is 0 Å². The van der Waals surface area contributed by atoms with Gasteiger partial charge in [0.05, 0.1) is 0 Å². The lowest BCUT2D eigenvalue weighted by atomic mass is 10.1. The number of piperidine rings is 1. The summed E-state index contributed by atoms with van der Waals surface area (Å²) in [5.41, 5.74) is 1.73. The highest BCUT2D eigenvalue weighted by Crippen LogP contribution is 2.22. The SMILES string of the molecule is O=[C]c1ccccc1N1CCCCC1. The van der Waals surface area contributed by atoms with E-state index >= 15 is 0 Å². The number of anilines is 1. The van der Waals surface area contributed by atoms with Gasteiger partial charge in [0.15, 0.2) is 0 Å². The number of nitrogens with zero attached hydrogens (tertiary/aromatic N) is 1. The zero-order valence-corrected chi connectivity index (χ0v) is 8.20. The van der Waals surface area contributed by atoms with Gasteiger partial charge in [-0.1, -0.05) is 12.1 Å². The molecular formula is C12H14NO. The highest BCUT2D eigenvalue weighted by molar-refractivity contribution is 5.84. The summed E-state index contributed by atoms with van der Waals surface area (Å²) in [6, 6.07) is 7.70. The molecule has 1 aliphatic rings. The van der Waals surface area contributed by atoms with E-state index in [0.717, 1.165) is 18.8 Å². The first-order valence-electron chi connectivity index (χ1n) is 5.14. The zero-order valence-electron chi connectivity index (χ0n) is 8.20. The van der Waals surface area contributed by atoms with Gasteiger partial charge in [0.2, 0.25) is 6.29 Å². The van der Waals surface area contributed by atoms with Crippen molar-refractivity contribution in [1.29, 1.82) is 0 Å². The fourth-order valence-electron chi connectivity index (χ4n) is 1.97. The topological polar surface area (TPSA) is 20.3 Å². The molecule has 2 heteroatoms. The Morgan fingerprint density at radius 3 is 2.50 bits per heavy atom. The Morgan fingerprint density at radius 2 is 1.79 bits per heavy atom. The quantitative estimate of drug-likeness (QED) is 0.708. The van der Waals surface area contributed by atoms with E-state index in [9.17, 15) is 4.79 Å². The molecule has 0 atom stereocenters. The van der Waals surface area contributed by atoms with Gasteiger partial charge in [-0.2, -0.15) is 0 Å². The molecule has 1 aliphatic heterocycles. The number of carbonyl (C=O) groups excluding carboxylic acids is 1. The molecule has 0 N–H and O–H groups in total. The second-order valence-electron chi connectivity index (χ2n) is 3.67. The first-order chi connectivity index (χ1) is 6.92. The van der Waals surface area contributed by atoms with Gasteiger partial charge in [-0.15, -0.1) is 0 Å². The van der Waals surface area contributed by atoms with Crippen LogP contribution in [0.15, 0.2) is 24.3 Å². The smallest absolute Gasteiger partial charge is 0.235 e. The van der Waals surface area contributed by atoms with E-state index in [1.807, 2.05) is 30.6 Å². The van der Waals surface area contributed by atoms with E-state index in [2.05, 4.69) is 4.90 Å². The van der Waals surface area contributed by atoms with E-state index in [-0.39, 0.29) is 0 Å². The highest BCUT2D eigenvalue weighted by atomic mass is 16.1. The normalized spacial score (nSPS) is 16.7. The molecule has 1 saturated heterocycles. The maximum Gasteiger partial charge on any atom is 0.235 e. The number of para-hydroxylation sites is 1. The van der Waals surface area contributed by atoms with Gasteiger partial charge in [-0.05, 0) is 31.4 Å². The van der Waals surface area contributed by atoms with Crippen LogP contribution in [0.2, 0.25) is 0 Å². The predicted octanol–water partition coefficient (Wildman–Crippen LogP) is 2.13. The van der Waals surface area contributed by atoms with Crippen LogP contribution in [0.4, 0.5) is 5.69 Å². The van der Waals surface area contributed by atoms with Crippen LogP contribution in [0.25, 0.3) is 0 Å². The fraction of sp³-hybridized carbons (Fsp3) is 0.417. The number of hydrogen-bond acceptors (Lipinski definition) is 2. The average molecular weight is 188 g/mol. The molecule has 1 radical (unpaired) electrons. The summed E-state index contributed by atoms with van der Waals surface area (Å²) < 4.78 is 0. The van der Waals surface area contributed by atoms with Crippen molar-refractivity contribution in [2.75, 3.05) is 18.0 Å². The largest absolute Gasteiger partial charge is 0.371 e. The summed E-state index contributed by atoms with van der Waals surface area (Å²) in [7, 11) is 0. The van der Waals surface area contributed by atoms with E-state index in [4.69, 9.17) is 0 Å². The maximum atomic E-state index is 10.7. The van der Waals surface area contributed by atoms with Crippen molar-refractivity contribution in [3.8, 4) is 0 Å². The van der Waals surface area contributed by atoms with Crippen LogP contribution in [0.3, 0.4) is 0 Å². The molecule has 1 aromatic rings. The Morgan fingerprint density at radius 1 is 1.07 bits per heavy atom. The van der Waals surface area contributed by atoms with Gasteiger partial charge >= 0.3 is 0 Å². The zero-order chi connectivity index (χ0) is 9.80. The average Bonchev–Trinajstić information content (AvgIpc) is 2.30. The first kappa shape index (κ1) is 9.25. The van der Waals surface area contributed by atoms with Crippen molar-refractivity contribution in [3.05, 3.63) is 29.8 Å². The molecule has 1 aromatic carbocycles. The maximum absolute atomic E-state index is 10.7. The molecule has 0 aliphatic carbocycles. The Hall–Kier alpha value is -1.31. The standard InChI is InChI=1S/C12H14NO/c14-10-11-6-2-3-7-12(11)13-8-4-1-5-9-13/h2-3,6-7H,1,4-5,8-9H2. The summed E-state index contributed by atoms with van der Waals surface area (Å²) in [5.74, 6) is 0. The van der Waals surface area contributed by atoms with Crippen molar-refractivity contribution in [3.63, 3.8) is 0 Å². The van der Waals surface area contributed by atoms with Gasteiger partial charge in [-0.3, -0.25) is 4.79 Å². The molecule has 73 valence electrons. The summed E-state index contributed by atoms with van der Waals surface area (Å²) in [4.78, 5) is 13.0. The summed E-state index contributed by atoms with van der Waals surface area (Å²) in [6.07, 6.45) is 5.77. The Kier molecular flexibility index (Phi) is 2.82.